The van der Waals surface area contributed by atoms with E-state index in [0.717, 1.165) is 25.2 Å². The molecule has 1 aliphatic rings. The van der Waals surface area contributed by atoms with Crippen LogP contribution in [0.1, 0.15) is 23.5 Å². The first-order valence-corrected chi connectivity index (χ1v) is 4.33. The number of hydrogen-bond donors (Lipinski definition) is 0. The molecule has 1 aromatic rings. The van der Waals surface area contributed by atoms with Gasteiger partial charge in [-0.2, -0.15) is 5.26 Å². The average molecular weight is 174 g/mol. The number of rotatable bonds is 1. The van der Waals surface area contributed by atoms with Gasteiger partial charge < -0.3 is 4.74 Å². The average Bonchev–Trinajstić information content (AvgIpc) is 2.71. The summed E-state index contributed by atoms with van der Waals surface area (Å²) < 4.78 is 5.27. The predicted octanol–water partition coefficient (Wildman–Crippen LogP) is 1.46. The van der Waals surface area contributed by atoms with E-state index in [2.05, 4.69) is 11.1 Å². The van der Waals surface area contributed by atoms with Crippen molar-refractivity contribution in [1.29, 1.82) is 5.26 Å². The molecule has 1 aliphatic heterocycles. The molecule has 0 unspecified atom stereocenters. The number of nitrogens with zero attached hydrogens (tertiary/aromatic N) is 2. The van der Waals surface area contributed by atoms with Gasteiger partial charge in [0.1, 0.15) is 6.07 Å². The summed E-state index contributed by atoms with van der Waals surface area (Å²) in [5.41, 5.74) is 1.75. The second kappa shape index (κ2) is 3.55. The smallest absolute Gasteiger partial charge is 0.101 e. The van der Waals surface area contributed by atoms with Gasteiger partial charge in [0.15, 0.2) is 0 Å². The highest BCUT2D eigenvalue weighted by atomic mass is 16.5. The van der Waals surface area contributed by atoms with Gasteiger partial charge in [-0.1, -0.05) is 0 Å². The summed E-state index contributed by atoms with van der Waals surface area (Å²) in [7, 11) is 0. The van der Waals surface area contributed by atoms with E-state index in [-0.39, 0.29) is 0 Å². The molecule has 0 N–H and O–H groups in total. The van der Waals surface area contributed by atoms with Crippen molar-refractivity contribution in [2.45, 2.75) is 12.3 Å². The van der Waals surface area contributed by atoms with E-state index in [1.165, 1.54) is 0 Å². The molecule has 3 nitrogen and oxygen atoms in total. The highest BCUT2D eigenvalue weighted by Crippen LogP contribution is 2.24. The summed E-state index contributed by atoms with van der Waals surface area (Å²) in [6.45, 7) is 1.58. The molecule has 0 bridgehead atoms. The lowest BCUT2D eigenvalue weighted by Gasteiger charge is -2.06. The van der Waals surface area contributed by atoms with Crippen molar-refractivity contribution >= 4 is 0 Å². The zero-order valence-corrected chi connectivity index (χ0v) is 7.23. The minimum absolute atomic E-state index is 0.431. The minimum atomic E-state index is 0.431. The monoisotopic (exact) mass is 174 g/mol. The third-order valence-electron chi connectivity index (χ3n) is 2.29. The lowest BCUT2D eigenvalue weighted by Crippen LogP contribution is -1.98. The van der Waals surface area contributed by atoms with Crippen molar-refractivity contribution in [3.05, 3.63) is 29.6 Å². The summed E-state index contributed by atoms with van der Waals surface area (Å²) in [4.78, 5) is 4.02. The maximum Gasteiger partial charge on any atom is 0.101 e. The summed E-state index contributed by atoms with van der Waals surface area (Å²) >= 11 is 0. The van der Waals surface area contributed by atoms with Gasteiger partial charge >= 0.3 is 0 Å². The van der Waals surface area contributed by atoms with Crippen LogP contribution in [0.25, 0.3) is 0 Å². The topological polar surface area (TPSA) is 45.9 Å². The molecule has 0 amide bonds. The van der Waals surface area contributed by atoms with E-state index < -0.39 is 0 Å². The van der Waals surface area contributed by atoms with Crippen LogP contribution in [0.4, 0.5) is 0 Å². The highest BCUT2D eigenvalue weighted by Gasteiger charge is 2.17. The largest absolute Gasteiger partial charge is 0.381 e. The van der Waals surface area contributed by atoms with Crippen LogP contribution in [-0.4, -0.2) is 18.2 Å². The number of nitriles is 1. The van der Waals surface area contributed by atoms with Crippen LogP contribution in [-0.2, 0) is 4.74 Å². The standard InChI is InChI=1S/C10H10N2O/c11-4-8-3-10(6-12-5-8)9-1-2-13-7-9/h3,5-6,9H,1-2,7H2/t9-/m1/s1. The Balaban J connectivity index is 2.25. The van der Waals surface area contributed by atoms with Crippen LogP contribution in [0.3, 0.4) is 0 Å². The molecule has 66 valence electrons. The zero-order valence-electron chi connectivity index (χ0n) is 7.23. The van der Waals surface area contributed by atoms with Crippen LogP contribution in [0, 0.1) is 11.3 Å². The van der Waals surface area contributed by atoms with E-state index in [1.807, 2.05) is 12.3 Å². The molecule has 3 heteroatoms. The third-order valence-corrected chi connectivity index (χ3v) is 2.29. The van der Waals surface area contributed by atoms with E-state index >= 15 is 0 Å². The maximum atomic E-state index is 8.68. The fourth-order valence-electron chi connectivity index (χ4n) is 1.54. The number of pyridine rings is 1. The van der Waals surface area contributed by atoms with E-state index in [9.17, 15) is 0 Å². The zero-order chi connectivity index (χ0) is 9.10. The van der Waals surface area contributed by atoms with Gasteiger partial charge in [-0.15, -0.1) is 0 Å². The first-order valence-electron chi connectivity index (χ1n) is 4.33. The Morgan fingerprint density at radius 2 is 2.46 bits per heavy atom. The maximum absolute atomic E-state index is 8.68. The minimum Gasteiger partial charge on any atom is -0.381 e. The Hall–Kier alpha value is -1.40. The summed E-state index contributed by atoms with van der Waals surface area (Å²) in [6, 6.07) is 3.98. The van der Waals surface area contributed by atoms with Gasteiger partial charge in [-0.25, -0.2) is 0 Å². The summed E-state index contributed by atoms with van der Waals surface area (Å²) in [6.07, 6.45) is 4.44. The molecular weight excluding hydrogens is 164 g/mol. The van der Waals surface area contributed by atoms with E-state index in [1.54, 1.807) is 6.20 Å². The van der Waals surface area contributed by atoms with Crippen LogP contribution in [0.2, 0.25) is 0 Å². The van der Waals surface area contributed by atoms with Gasteiger partial charge in [-0.3, -0.25) is 4.98 Å². The van der Waals surface area contributed by atoms with Crippen LogP contribution < -0.4 is 0 Å². The molecule has 13 heavy (non-hydrogen) atoms. The first kappa shape index (κ1) is 8.21. The molecule has 1 fully saturated rings. The molecule has 0 spiro atoms. The Kier molecular flexibility index (Phi) is 2.24. The van der Waals surface area contributed by atoms with Crippen molar-refractivity contribution in [2.75, 3.05) is 13.2 Å². The van der Waals surface area contributed by atoms with Gasteiger partial charge in [0.25, 0.3) is 0 Å². The van der Waals surface area contributed by atoms with Crippen LogP contribution in [0.5, 0.6) is 0 Å². The summed E-state index contributed by atoms with van der Waals surface area (Å²) in [5.74, 6) is 0.431. The van der Waals surface area contributed by atoms with Gasteiger partial charge in [0.05, 0.1) is 12.2 Å². The number of hydrogen-bond acceptors (Lipinski definition) is 3. The van der Waals surface area contributed by atoms with Crippen molar-refractivity contribution in [3.8, 4) is 6.07 Å². The van der Waals surface area contributed by atoms with Crippen molar-refractivity contribution in [3.63, 3.8) is 0 Å². The molecule has 0 aliphatic carbocycles. The lowest BCUT2D eigenvalue weighted by molar-refractivity contribution is 0.194. The number of ether oxygens (including phenoxy) is 1. The Bertz CT molecular complexity index is 337. The molecule has 0 aromatic carbocycles. The Labute approximate surface area is 77.0 Å². The fourth-order valence-corrected chi connectivity index (χ4v) is 1.54. The van der Waals surface area contributed by atoms with E-state index in [0.29, 0.717) is 11.5 Å². The summed E-state index contributed by atoms with van der Waals surface area (Å²) in [5, 5.41) is 8.68. The number of aromatic nitrogens is 1. The molecule has 1 atom stereocenters. The Morgan fingerprint density at radius 1 is 1.54 bits per heavy atom. The van der Waals surface area contributed by atoms with Crippen LogP contribution in [0.15, 0.2) is 18.5 Å². The second-order valence-corrected chi connectivity index (χ2v) is 3.18. The molecule has 1 saturated heterocycles. The van der Waals surface area contributed by atoms with Crippen LogP contribution >= 0.6 is 0 Å². The molecule has 0 radical (unpaired) electrons. The fraction of sp³-hybridized carbons (Fsp3) is 0.400. The van der Waals surface area contributed by atoms with Gasteiger partial charge in [0.2, 0.25) is 0 Å². The second-order valence-electron chi connectivity index (χ2n) is 3.18. The molecule has 0 saturated carbocycles. The molecule has 2 rings (SSSR count). The van der Waals surface area contributed by atoms with Gasteiger partial charge in [-0.05, 0) is 18.1 Å². The normalized spacial score (nSPS) is 21.3. The third kappa shape index (κ3) is 1.68. The molecular formula is C10H10N2O. The lowest BCUT2D eigenvalue weighted by atomic mass is 9.99. The van der Waals surface area contributed by atoms with Crippen molar-refractivity contribution in [2.24, 2.45) is 0 Å². The highest BCUT2D eigenvalue weighted by molar-refractivity contribution is 5.31. The van der Waals surface area contributed by atoms with E-state index in [4.69, 9.17) is 10.00 Å². The first-order chi connectivity index (χ1) is 6.40. The van der Waals surface area contributed by atoms with Gasteiger partial charge in [0, 0.05) is 24.9 Å². The quantitative estimate of drug-likeness (QED) is 0.647. The SMILES string of the molecule is N#Cc1cncc([C@@H]2CCOC2)c1. The predicted molar refractivity (Wildman–Crippen MR) is 47.1 cm³/mol. The van der Waals surface area contributed by atoms with Crippen molar-refractivity contribution in [1.82, 2.24) is 4.98 Å². The molecule has 2 heterocycles. The molecule has 1 aromatic heterocycles. The van der Waals surface area contributed by atoms with Crippen molar-refractivity contribution < 1.29 is 4.74 Å². The Morgan fingerprint density at radius 3 is 3.15 bits per heavy atom.